The number of sulfone groups is 1. The highest BCUT2D eigenvalue weighted by atomic mass is 32.2. The van der Waals surface area contributed by atoms with Gasteiger partial charge in [-0.1, -0.05) is 24.3 Å². The molecular formula is C19H21NO6S2. The van der Waals surface area contributed by atoms with Gasteiger partial charge in [0, 0.05) is 6.04 Å². The minimum absolute atomic E-state index is 0.000468. The van der Waals surface area contributed by atoms with E-state index in [1.54, 1.807) is 18.2 Å². The lowest BCUT2D eigenvalue weighted by Gasteiger charge is -2.08. The molecule has 150 valence electrons. The molecule has 1 saturated carbocycles. The predicted octanol–water partition coefficient (Wildman–Crippen LogP) is 2.15. The molecule has 0 bridgehead atoms. The van der Waals surface area contributed by atoms with Crippen LogP contribution in [0.2, 0.25) is 0 Å². The minimum atomic E-state index is -3.67. The summed E-state index contributed by atoms with van der Waals surface area (Å²) < 4.78 is 56.5. The van der Waals surface area contributed by atoms with Crippen molar-refractivity contribution in [2.45, 2.75) is 35.1 Å². The number of carbonyl (C=O) groups excluding carboxylic acids is 1. The summed E-state index contributed by atoms with van der Waals surface area (Å²) in [6.07, 6.45) is 1.77. The summed E-state index contributed by atoms with van der Waals surface area (Å²) in [7, 11) is -7.10. The van der Waals surface area contributed by atoms with Crippen LogP contribution in [-0.2, 0) is 24.6 Å². The molecule has 0 amide bonds. The number of sulfonamides is 1. The monoisotopic (exact) mass is 423 g/mol. The number of hydrogen-bond acceptors (Lipinski definition) is 6. The molecule has 2 aromatic carbocycles. The van der Waals surface area contributed by atoms with Gasteiger partial charge in [-0.2, -0.15) is 0 Å². The van der Waals surface area contributed by atoms with Crippen LogP contribution in [0, 0.1) is 0 Å². The van der Waals surface area contributed by atoms with Gasteiger partial charge < -0.3 is 4.74 Å². The van der Waals surface area contributed by atoms with Crippen molar-refractivity contribution >= 4 is 25.8 Å². The highest BCUT2D eigenvalue weighted by Crippen LogP contribution is 2.22. The van der Waals surface area contributed by atoms with Gasteiger partial charge in [0.15, 0.2) is 9.84 Å². The molecule has 2 aromatic rings. The van der Waals surface area contributed by atoms with Crippen molar-refractivity contribution in [2.24, 2.45) is 0 Å². The van der Waals surface area contributed by atoms with E-state index in [9.17, 15) is 21.6 Å². The Balaban J connectivity index is 1.54. The van der Waals surface area contributed by atoms with Crippen LogP contribution >= 0.6 is 0 Å². The molecule has 1 fully saturated rings. The number of carbonyl (C=O) groups is 1. The van der Waals surface area contributed by atoms with Gasteiger partial charge in [-0.05, 0) is 49.6 Å². The molecule has 0 aromatic heterocycles. The fourth-order valence-corrected chi connectivity index (χ4v) is 5.18. The smallest absolute Gasteiger partial charge is 0.338 e. The van der Waals surface area contributed by atoms with Crippen molar-refractivity contribution in [3.8, 4) is 0 Å². The number of esters is 1. The van der Waals surface area contributed by atoms with E-state index in [0.29, 0.717) is 0 Å². The van der Waals surface area contributed by atoms with Crippen LogP contribution in [0.15, 0.2) is 64.4 Å². The first kappa shape index (κ1) is 20.5. The molecule has 9 heteroatoms. The summed E-state index contributed by atoms with van der Waals surface area (Å²) in [5.41, 5.74) is 0.101. The van der Waals surface area contributed by atoms with E-state index in [0.717, 1.165) is 12.8 Å². The molecule has 1 aliphatic rings. The maximum absolute atomic E-state index is 12.2. The second-order valence-electron chi connectivity index (χ2n) is 6.54. The summed E-state index contributed by atoms with van der Waals surface area (Å²) in [5, 5.41) is 0. The highest BCUT2D eigenvalue weighted by Gasteiger charge is 2.28. The Bertz CT molecular complexity index is 1040. The van der Waals surface area contributed by atoms with Crippen LogP contribution in [0.1, 0.15) is 29.6 Å². The van der Waals surface area contributed by atoms with Crippen molar-refractivity contribution in [2.75, 3.05) is 12.4 Å². The standard InChI is InChI=1S/C19H21NO6S2/c21-19(26-12-5-13-27(22,23)17-7-2-1-3-8-17)15-6-4-9-18(14-15)28(24,25)20-16-10-11-16/h1-4,6-9,14,16,20H,5,10-13H2. The number of benzene rings is 2. The Morgan fingerprint density at radius 1 is 0.964 bits per heavy atom. The van der Waals surface area contributed by atoms with Gasteiger partial charge in [-0.15, -0.1) is 0 Å². The molecule has 0 atom stereocenters. The number of ether oxygens (including phenoxy) is 1. The lowest BCUT2D eigenvalue weighted by Crippen LogP contribution is -2.26. The van der Waals surface area contributed by atoms with Crippen LogP contribution in [0.5, 0.6) is 0 Å². The Morgan fingerprint density at radius 3 is 2.32 bits per heavy atom. The molecule has 0 unspecified atom stereocenters. The third kappa shape index (κ3) is 5.40. The molecular weight excluding hydrogens is 402 g/mol. The number of hydrogen-bond donors (Lipinski definition) is 1. The van der Waals surface area contributed by atoms with Gasteiger partial charge in [0.2, 0.25) is 10.0 Å². The van der Waals surface area contributed by atoms with E-state index in [4.69, 9.17) is 4.74 Å². The predicted molar refractivity (Wildman–Crippen MR) is 103 cm³/mol. The molecule has 0 heterocycles. The molecule has 7 nitrogen and oxygen atoms in total. The second-order valence-corrected chi connectivity index (χ2v) is 10.4. The average Bonchev–Trinajstić information content (AvgIpc) is 3.49. The molecule has 0 aliphatic heterocycles. The topological polar surface area (TPSA) is 107 Å². The largest absolute Gasteiger partial charge is 0.462 e. The zero-order chi connectivity index (χ0) is 20.2. The van der Waals surface area contributed by atoms with Gasteiger partial charge in [0.1, 0.15) is 0 Å². The molecule has 0 spiro atoms. The Kier molecular flexibility index (Phi) is 6.17. The lowest BCUT2D eigenvalue weighted by molar-refractivity contribution is 0.0505. The quantitative estimate of drug-likeness (QED) is 0.489. The highest BCUT2D eigenvalue weighted by molar-refractivity contribution is 7.91. The first-order chi connectivity index (χ1) is 13.3. The van der Waals surface area contributed by atoms with Gasteiger partial charge in [-0.3, -0.25) is 0 Å². The Hall–Kier alpha value is -2.23. The summed E-state index contributed by atoms with van der Waals surface area (Å²) in [6, 6.07) is 13.6. The fraction of sp³-hybridized carbons (Fsp3) is 0.316. The normalized spacial score (nSPS) is 14.6. The van der Waals surface area contributed by atoms with Crippen molar-refractivity contribution in [1.82, 2.24) is 4.72 Å². The number of rotatable bonds is 9. The van der Waals surface area contributed by atoms with E-state index in [2.05, 4.69) is 4.72 Å². The van der Waals surface area contributed by atoms with Crippen LogP contribution in [0.4, 0.5) is 0 Å². The van der Waals surface area contributed by atoms with E-state index >= 15 is 0 Å². The molecule has 3 rings (SSSR count). The molecule has 28 heavy (non-hydrogen) atoms. The third-order valence-electron chi connectivity index (χ3n) is 4.17. The van der Waals surface area contributed by atoms with E-state index in [1.165, 1.54) is 36.4 Å². The third-order valence-corrected chi connectivity index (χ3v) is 7.51. The second kappa shape index (κ2) is 8.42. The van der Waals surface area contributed by atoms with Crippen molar-refractivity contribution in [1.29, 1.82) is 0 Å². The summed E-state index contributed by atoms with van der Waals surface area (Å²) in [6.45, 7) is -0.0812. The van der Waals surface area contributed by atoms with Gasteiger partial charge in [0.05, 0.1) is 27.7 Å². The van der Waals surface area contributed by atoms with Crippen LogP contribution in [0.25, 0.3) is 0 Å². The van der Waals surface area contributed by atoms with Crippen molar-refractivity contribution in [3.05, 3.63) is 60.2 Å². The first-order valence-corrected chi connectivity index (χ1v) is 12.0. The van der Waals surface area contributed by atoms with E-state index in [1.807, 2.05) is 0 Å². The maximum Gasteiger partial charge on any atom is 0.338 e. The molecule has 1 aliphatic carbocycles. The summed E-state index contributed by atoms with van der Waals surface area (Å²) in [5.74, 6) is -0.843. The zero-order valence-electron chi connectivity index (χ0n) is 15.1. The Morgan fingerprint density at radius 2 is 1.64 bits per heavy atom. The van der Waals surface area contributed by atoms with Crippen molar-refractivity contribution < 1.29 is 26.4 Å². The minimum Gasteiger partial charge on any atom is -0.462 e. The molecule has 1 N–H and O–H groups in total. The SMILES string of the molecule is O=C(OCCCS(=O)(=O)c1ccccc1)c1cccc(S(=O)(=O)NC2CC2)c1. The lowest BCUT2D eigenvalue weighted by atomic mass is 10.2. The average molecular weight is 424 g/mol. The van der Waals surface area contributed by atoms with E-state index < -0.39 is 25.8 Å². The van der Waals surface area contributed by atoms with Gasteiger partial charge in [0.25, 0.3) is 0 Å². The summed E-state index contributed by atoms with van der Waals surface area (Å²) >= 11 is 0. The van der Waals surface area contributed by atoms with E-state index in [-0.39, 0.29) is 40.2 Å². The maximum atomic E-state index is 12.2. The van der Waals surface area contributed by atoms with Crippen LogP contribution in [-0.4, -0.2) is 41.2 Å². The number of nitrogens with one attached hydrogen (secondary N) is 1. The van der Waals surface area contributed by atoms with Gasteiger partial charge in [-0.25, -0.2) is 26.4 Å². The summed E-state index contributed by atoms with van der Waals surface area (Å²) in [4.78, 5) is 12.4. The van der Waals surface area contributed by atoms with Crippen LogP contribution in [0.3, 0.4) is 0 Å². The molecule has 0 radical (unpaired) electrons. The Labute approximate surface area is 164 Å². The van der Waals surface area contributed by atoms with Crippen LogP contribution < -0.4 is 4.72 Å². The van der Waals surface area contributed by atoms with Crippen molar-refractivity contribution in [3.63, 3.8) is 0 Å². The van der Waals surface area contributed by atoms with Gasteiger partial charge >= 0.3 is 5.97 Å². The molecule has 0 saturated heterocycles. The zero-order valence-corrected chi connectivity index (χ0v) is 16.7. The fourth-order valence-electron chi connectivity index (χ4n) is 2.52. The first-order valence-electron chi connectivity index (χ1n) is 8.85.